The van der Waals surface area contributed by atoms with Crippen molar-refractivity contribution < 1.29 is 0 Å². The molecule has 1 fully saturated rings. The van der Waals surface area contributed by atoms with E-state index in [0.29, 0.717) is 0 Å². The SMILES string of the molecule is C[Si]1(C)[Si](C)(C)[Si@@](C)(N)[Si](C)(C)[Si@](C)(N)[Si]1(C)C. The Kier molecular flexibility index (Phi) is 3.74. The third kappa shape index (κ3) is 1.49. The van der Waals surface area contributed by atoms with E-state index in [4.69, 9.17) is 10.8 Å². The van der Waals surface area contributed by atoms with Gasteiger partial charge >= 0.3 is 0 Å². The third-order valence-electron chi connectivity index (χ3n) is 8.32. The van der Waals surface area contributed by atoms with E-state index in [-0.39, 0.29) is 0 Å². The Morgan fingerprint density at radius 1 is 0.389 bits per heavy atom. The van der Waals surface area contributed by atoms with Crippen molar-refractivity contribution in [1.82, 2.24) is 0 Å². The van der Waals surface area contributed by atoms with Crippen molar-refractivity contribution in [3.8, 4) is 0 Å². The van der Waals surface area contributed by atoms with E-state index in [2.05, 4.69) is 65.5 Å². The van der Waals surface area contributed by atoms with Gasteiger partial charge in [0.1, 0.15) is 0 Å². The lowest BCUT2D eigenvalue weighted by Crippen LogP contribution is -3.06. The molecule has 0 saturated carbocycles. The van der Waals surface area contributed by atoms with Crippen LogP contribution in [0.15, 0.2) is 0 Å². The first-order chi connectivity index (χ1) is 7.50. The average molecular weight is 351 g/mol. The monoisotopic (exact) mass is 350 g/mol. The molecule has 1 saturated heterocycles. The predicted octanol–water partition coefficient (Wildman–Crippen LogP) is 2.37. The van der Waals surface area contributed by atoms with Gasteiger partial charge in [0.15, 0.2) is 0 Å². The molecule has 0 spiro atoms. The van der Waals surface area contributed by atoms with Gasteiger partial charge in [0, 0.05) is 21.3 Å². The van der Waals surface area contributed by atoms with Gasteiger partial charge in [-0.1, -0.05) is 65.5 Å². The van der Waals surface area contributed by atoms with Crippen molar-refractivity contribution in [2.45, 2.75) is 65.5 Å². The van der Waals surface area contributed by atoms with E-state index in [1.807, 2.05) is 0 Å². The lowest BCUT2D eigenvalue weighted by molar-refractivity contribution is 1.63. The zero-order valence-electron chi connectivity index (χ0n) is 14.2. The molecule has 108 valence electrons. The molecular formula is C10H34N2Si6. The molecule has 2 nitrogen and oxygen atoms in total. The molecule has 0 bridgehead atoms. The molecule has 1 heterocycles. The van der Waals surface area contributed by atoms with Gasteiger partial charge in [0.2, 0.25) is 0 Å². The maximum Gasteiger partial charge on any atom is 0.0961 e. The van der Waals surface area contributed by atoms with Crippen LogP contribution in [-0.2, 0) is 0 Å². The summed E-state index contributed by atoms with van der Waals surface area (Å²) in [7, 11) is -8.37. The summed E-state index contributed by atoms with van der Waals surface area (Å²) in [4.78, 5) is 0. The molecule has 18 heavy (non-hydrogen) atoms. The van der Waals surface area contributed by atoms with Crippen LogP contribution in [0.5, 0.6) is 0 Å². The van der Waals surface area contributed by atoms with Gasteiger partial charge in [-0.05, 0) is 0 Å². The van der Waals surface area contributed by atoms with Gasteiger partial charge in [-0.3, -0.25) is 0 Å². The molecule has 4 N–H and O–H groups in total. The van der Waals surface area contributed by atoms with Crippen molar-refractivity contribution in [3.05, 3.63) is 0 Å². The van der Waals surface area contributed by atoms with Crippen LogP contribution < -0.4 is 10.8 Å². The minimum absolute atomic E-state index is 1.22. The lowest BCUT2D eigenvalue weighted by Gasteiger charge is -2.71. The Balaban J connectivity index is 3.72. The van der Waals surface area contributed by atoms with Crippen molar-refractivity contribution >= 4 is 43.0 Å². The first-order valence-corrected chi connectivity index (χ1v) is 30.2. The number of rotatable bonds is 0. The molecule has 0 aromatic carbocycles. The first-order valence-electron chi connectivity index (χ1n) is 7.08. The van der Waals surface area contributed by atoms with E-state index < -0.39 is 43.0 Å². The Morgan fingerprint density at radius 3 is 0.833 bits per heavy atom. The molecular weight excluding hydrogens is 317 g/mol. The first kappa shape index (κ1) is 17.3. The maximum atomic E-state index is 7.18. The highest BCUT2D eigenvalue weighted by Gasteiger charge is 2.77. The molecule has 2 atom stereocenters. The Bertz CT molecular complexity index is 256. The second kappa shape index (κ2) is 3.90. The molecule has 0 aromatic rings. The predicted molar refractivity (Wildman–Crippen MR) is 102 cm³/mol. The minimum atomic E-state index is -1.59. The van der Waals surface area contributed by atoms with Gasteiger partial charge in [0.05, 0.1) is 21.6 Å². The van der Waals surface area contributed by atoms with E-state index >= 15 is 0 Å². The van der Waals surface area contributed by atoms with Gasteiger partial charge in [-0.2, -0.15) is 0 Å². The molecule has 0 aromatic heterocycles. The second-order valence-electron chi connectivity index (χ2n) is 8.90. The fourth-order valence-electron chi connectivity index (χ4n) is 4.18. The second-order valence-corrected chi connectivity index (χ2v) is 78.2. The van der Waals surface area contributed by atoms with Crippen molar-refractivity contribution in [2.24, 2.45) is 10.8 Å². The highest BCUT2D eigenvalue weighted by Crippen LogP contribution is 2.47. The smallest absolute Gasteiger partial charge is 0.0961 e. The number of nitrogens with two attached hydrogens (primary N) is 2. The van der Waals surface area contributed by atoms with Crippen molar-refractivity contribution in [1.29, 1.82) is 0 Å². The van der Waals surface area contributed by atoms with Crippen LogP contribution in [0.4, 0.5) is 0 Å². The highest BCUT2D eigenvalue weighted by atomic mass is 30.2. The fourth-order valence-corrected chi connectivity index (χ4v) is 229. The van der Waals surface area contributed by atoms with Gasteiger partial charge < -0.3 is 10.8 Å². The van der Waals surface area contributed by atoms with Gasteiger partial charge in [-0.25, -0.2) is 0 Å². The zero-order valence-corrected chi connectivity index (χ0v) is 20.2. The van der Waals surface area contributed by atoms with Crippen LogP contribution in [-0.4, -0.2) is 43.0 Å². The van der Waals surface area contributed by atoms with Crippen LogP contribution in [0.3, 0.4) is 0 Å². The Morgan fingerprint density at radius 2 is 0.611 bits per heavy atom. The van der Waals surface area contributed by atoms with Crippen LogP contribution in [0.25, 0.3) is 0 Å². The van der Waals surface area contributed by atoms with E-state index in [1.54, 1.807) is 0 Å². The van der Waals surface area contributed by atoms with Crippen molar-refractivity contribution in [3.63, 3.8) is 0 Å². The molecule has 0 aliphatic carbocycles. The molecule has 8 heteroatoms. The molecule has 0 radical (unpaired) electrons. The largest absolute Gasteiger partial charge is 0.355 e. The fraction of sp³-hybridized carbons (Fsp3) is 1.00. The third-order valence-corrected chi connectivity index (χ3v) is 152. The van der Waals surface area contributed by atoms with Crippen molar-refractivity contribution in [2.75, 3.05) is 0 Å². The van der Waals surface area contributed by atoms with Crippen LogP contribution in [0.2, 0.25) is 65.5 Å². The van der Waals surface area contributed by atoms with E-state index in [9.17, 15) is 0 Å². The summed E-state index contributed by atoms with van der Waals surface area (Å²) in [6.07, 6.45) is 0. The summed E-state index contributed by atoms with van der Waals surface area (Å²) in [5, 5.41) is 14.4. The van der Waals surface area contributed by atoms with Gasteiger partial charge in [-0.15, -0.1) is 0 Å². The number of hydrogen-bond acceptors (Lipinski definition) is 2. The standard InChI is InChI=1S/C10H34N2Si6/c1-13(2)14(3,4)17(9,11)16(7,8)18(10,12)15(13,5)6/h11-12H2,1-10H3/t17-,18-/m1/s1. The normalized spacial score (nSPS) is 44.7. The van der Waals surface area contributed by atoms with Crippen LogP contribution >= 0.6 is 0 Å². The molecule has 1 aliphatic rings. The molecule has 0 amide bonds. The summed E-state index contributed by atoms with van der Waals surface area (Å²) >= 11 is 0. The summed E-state index contributed by atoms with van der Waals surface area (Å²) < 4.78 is 0. The molecule has 0 unspecified atom stereocenters. The average Bonchev–Trinajstić information content (AvgIpc) is 2.14. The summed E-state index contributed by atoms with van der Waals surface area (Å²) in [5.41, 5.74) is 0. The summed E-state index contributed by atoms with van der Waals surface area (Å²) in [6, 6.07) is 0. The Labute approximate surface area is 119 Å². The zero-order chi connectivity index (χ0) is 15.0. The summed E-state index contributed by atoms with van der Waals surface area (Å²) in [6.45, 7) is 26.2. The minimum Gasteiger partial charge on any atom is -0.355 e. The maximum absolute atomic E-state index is 7.18. The van der Waals surface area contributed by atoms with E-state index in [1.165, 1.54) is 0 Å². The van der Waals surface area contributed by atoms with Crippen LogP contribution in [0.1, 0.15) is 0 Å². The highest BCUT2D eigenvalue weighted by molar-refractivity contribution is 8.13. The quantitative estimate of drug-likeness (QED) is 0.659. The topological polar surface area (TPSA) is 52.0 Å². The van der Waals surface area contributed by atoms with E-state index in [0.717, 1.165) is 0 Å². The molecule has 1 aliphatic heterocycles. The number of hydrogen-bond donors (Lipinski definition) is 2. The Hall–Kier alpha value is 1.22. The lowest BCUT2D eigenvalue weighted by atomic mass is 11.9. The van der Waals surface area contributed by atoms with Crippen LogP contribution in [0, 0.1) is 0 Å². The molecule has 1 rings (SSSR count). The van der Waals surface area contributed by atoms with Gasteiger partial charge in [0.25, 0.3) is 0 Å². The summed E-state index contributed by atoms with van der Waals surface area (Å²) in [5.74, 6) is 0.